The SMILES string of the molecule is COc1c(F)cc(C(=O)N2CCCC[C@@H]2COc2ccc3c(c2)CN(C2CCC(=O)NC2=O)C3=O)cc1F. The van der Waals surface area contributed by atoms with E-state index in [2.05, 4.69) is 5.32 Å². The van der Waals surface area contributed by atoms with Crippen LogP contribution >= 0.6 is 0 Å². The van der Waals surface area contributed by atoms with E-state index in [4.69, 9.17) is 9.47 Å². The molecule has 3 aliphatic heterocycles. The average Bonchev–Trinajstić information content (AvgIpc) is 3.22. The predicted octanol–water partition coefficient (Wildman–Crippen LogP) is 2.81. The molecule has 0 aromatic heterocycles. The number of carbonyl (C=O) groups excluding carboxylic acids is 4. The Morgan fingerprint density at radius 3 is 2.55 bits per heavy atom. The van der Waals surface area contributed by atoms with Crippen LogP contribution in [-0.2, 0) is 16.1 Å². The summed E-state index contributed by atoms with van der Waals surface area (Å²) in [5, 5.41) is 2.28. The first kappa shape index (κ1) is 25.6. The lowest BCUT2D eigenvalue weighted by Crippen LogP contribution is -2.52. The molecular formula is C27H27F2N3O6. The number of likely N-dealkylation sites (tertiary alicyclic amines) is 1. The minimum Gasteiger partial charge on any atom is -0.491 e. The molecular weight excluding hydrogens is 500 g/mol. The van der Waals surface area contributed by atoms with Gasteiger partial charge in [-0.05, 0) is 61.6 Å². The van der Waals surface area contributed by atoms with Crippen molar-refractivity contribution in [1.29, 1.82) is 0 Å². The molecule has 4 amide bonds. The number of halogens is 2. The fourth-order valence-corrected chi connectivity index (χ4v) is 5.32. The fraction of sp³-hybridized carbons (Fsp3) is 0.407. The Bertz CT molecular complexity index is 1290. The predicted molar refractivity (Wildman–Crippen MR) is 130 cm³/mol. The molecule has 0 saturated carbocycles. The van der Waals surface area contributed by atoms with Gasteiger partial charge >= 0.3 is 0 Å². The molecule has 2 atom stereocenters. The van der Waals surface area contributed by atoms with Crippen molar-refractivity contribution in [3.05, 3.63) is 58.7 Å². The molecule has 5 rings (SSSR count). The summed E-state index contributed by atoms with van der Waals surface area (Å²) in [6.45, 7) is 0.818. The Labute approximate surface area is 217 Å². The van der Waals surface area contributed by atoms with Gasteiger partial charge in [-0.1, -0.05) is 0 Å². The first-order valence-electron chi connectivity index (χ1n) is 12.5. The van der Waals surface area contributed by atoms with Crippen LogP contribution in [0.1, 0.15) is 58.4 Å². The molecule has 11 heteroatoms. The number of carbonyl (C=O) groups is 4. The van der Waals surface area contributed by atoms with Gasteiger partial charge in [-0.2, -0.15) is 0 Å². The van der Waals surface area contributed by atoms with Crippen LogP contribution in [0.15, 0.2) is 30.3 Å². The highest BCUT2D eigenvalue weighted by Crippen LogP contribution is 2.31. The zero-order valence-corrected chi connectivity index (χ0v) is 20.8. The minimum atomic E-state index is -0.945. The van der Waals surface area contributed by atoms with Gasteiger partial charge in [0.25, 0.3) is 11.8 Å². The lowest BCUT2D eigenvalue weighted by Gasteiger charge is -2.35. The van der Waals surface area contributed by atoms with Crippen molar-refractivity contribution < 1.29 is 37.4 Å². The van der Waals surface area contributed by atoms with E-state index >= 15 is 0 Å². The van der Waals surface area contributed by atoms with Crippen LogP contribution in [0.3, 0.4) is 0 Å². The summed E-state index contributed by atoms with van der Waals surface area (Å²) >= 11 is 0. The number of piperidine rings is 2. The van der Waals surface area contributed by atoms with Gasteiger partial charge in [-0.3, -0.25) is 24.5 Å². The number of ether oxygens (including phenoxy) is 2. The second-order valence-corrected chi connectivity index (χ2v) is 9.65. The number of hydrogen-bond acceptors (Lipinski definition) is 6. The molecule has 0 radical (unpaired) electrons. The van der Waals surface area contributed by atoms with Gasteiger partial charge in [0.05, 0.1) is 13.2 Å². The number of amides is 4. The summed E-state index contributed by atoms with van der Waals surface area (Å²) in [5.41, 5.74) is 1.08. The van der Waals surface area contributed by atoms with E-state index in [0.717, 1.165) is 32.1 Å². The molecule has 2 saturated heterocycles. The van der Waals surface area contributed by atoms with Crippen LogP contribution in [0.2, 0.25) is 0 Å². The Morgan fingerprint density at radius 2 is 1.84 bits per heavy atom. The maximum atomic E-state index is 14.2. The molecule has 1 N–H and O–H groups in total. The number of nitrogens with zero attached hydrogens (tertiary/aromatic N) is 2. The van der Waals surface area contributed by atoms with Gasteiger partial charge < -0.3 is 19.3 Å². The molecule has 9 nitrogen and oxygen atoms in total. The fourth-order valence-electron chi connectivity index (χ4n) is 5.32. The molecule has 0 spiro atoms. The van der Waals surface area contributed by atoms with Crippen molar-refractivity contribution in [3.8, 4) is 11.5 Å². The normalized spacial score (nSPS) is 21.3. The first-order valence-corrected chi connectivity index (χ1v) is 12.5. The molecule has 3 aliphatic rings. The van der Waals surface area contributed by atoms with E-state index in [1.165, 1.54) is 4.90 Å². The first-order chi connectivity index (χ1) is 18.3. The van der Waals surface area contributed by atoms with Crippen LogP contribution in [-0.4, -0.2) is 65.8 Å². The third kappa shape index (κ3) is 4.80. The quantitative estimate of drug-likeness (QED) is 0.580. The Balaban J connectivity index is 1.26. The van der Waals surface area contributed by atoms with Crippen molar-refractivity contribution in [2.24, 2.45) is 0 Å². The highest BCUT2D eigenvalue weighted by Gasteiger charge is 2.39. The molecule has 2 fully saturated rings. The topological polar surface area (TPSA) is 105 Å². The van der Waals surface area contributed by atoms with E-state index < -0.39 is 35.2 Å². The molecule has 2 aromatic carbocycles. The summed E-state index contributed by atoms with van der Waals surface area (Å²) in [6, 6.07) is 5.98. The van der Waals surface area contributed by atoms with Crippen LogP contribution in [0.5, 0.6) is 11.5 Å². The lowest BCUT2D eigenvalue weighted by atomic mass is 10.0. The standard InChI is InChI=1S/C27H27F2N3O6/c1-37-24-20(28)11-15(12-21(24)29)26(35)31-9-3-2-4-17(31)14-38-18-5-6-19-16(10-18)13-32(27(19)36)22-7-8-23(33)30-25(22)34/h5-6,10-12,17,22H,2-4,7-9,13-14H2,1H3,(H,30,33,34)/t17-,22?/m1/s1. The molecule has 0 bridgehead atoms. The summed E-state index contributed by atoms with van der Waals surface area (Å²) in [6.07, 6.45) is 2.77. The van der Waals surface area contributed by atoms with Crippen molar-refractivity contribution in [2.75, 3.05) is 20.3 Å². The van der Waals surface area contributed by atoms with Crippen molar-refractivity contribution in [1.82, 2.24) is 15.1 Å². The van der Waals surface area contributed by atoms with E-state index in [-0.39, 0.29) is 49.4 Å². The van der Waals surface area contributed by atoms with Crippen molar-refractivity contribution >= 4 is 23.6 Å². The zero-order valence-electron chi connectivity index (χ0n) is 20.8. The van der Waals surface area contributed by atoms with Gasteiger partial charge in [-0.15, -0.1) is 0 Å². The number of methoxy groups -OCH3 is 1. The third-order valence-electron chi connectivity index (χ3n) is 7.27. The van der Waals surface area contributed by atoms with Crippen LogP contribution in [0.25, 0.3) is 0 Å². The second-order valence-electron chi connectivity index (χ2n) is 9.65. The van der Waals surface area contributed by atoms with Crippen LogP contribution < -0.4 is 14.8 Å². The smallest absolute Gasteiger partial charge is 0.255 e. The maximum absolute atomic E-state index is 14.2. The maximum Gasteiger partial charge on any atom is 0.255 e. The molecule has 38 heavy (non-hydrogen) atoms. The van der Waals surface area contributed by atoms with E-state index in [1.54, 1.807) is 23.1 Å². The highest BCUT2D eigenvalue weighted by atomic mass is 19.1. The summed E-state index contributed by atoms with van der Waals surface area (Å²) < 4.78 is 39.1. The van der Waals surface area contributed by atoms with Crippen molar-refractivity contribution in [2.45, 2.75) is 50.7 Å². The number of hydrogen-bond donors (Lipinski definition) is 1. The minimum absolute atomic E-state index is 0.0997. The van der Waals surface area contributed by atoms with Gasteiger partial charge in [0, 0.05) is 30.6 Å². The summed E-state index contributed by atoms with van der Waals surface area (Å²) in [4.78, 5) is 52.8. The second kappa shape index (κ2) is 10.4. The molecule has 0 aliphatic carbocycles. The van der Waals surface area contributed by atoms with Gasteiger partial charge in [0.15, 0.2) is 17.4 Å². The monoisotopic (exact) mass is 527 g/mol. The van der Waals surface area contributed by atoms with Gasteiger partial charge in [-0.25, -0.2) is 8.78 Å². The summed E-state index contributed by atoms with van der Waals surface area (Å²) in [7, 11) is 1.16. The molecule has 2 aromatic rings. The number of nitrogens with one attached hydrogen (secondary N) is 1. The number of fused-ring (bicyclic) bond motifs is 1. The zero-order chi connectivity index (χ0) is 27.0. The molecule has 3 heterocycles. The average molecular weight is 528 g/mol. The van der Waals surface area contributed by atoms with E-state index in [1.807, 2.05) is 0 Å². The third-order valence-corrected chi connectivity index (χ3v) is 7.27. The Kier molecular flexibility index (Phi) is 7.00. The Morgan fingerprint density at radius 1 is 1.08 bits per heavy atom. The largest absolute Gasteiger partial charge is 0.491 e. The number of rotatable bonds is 6. The lowest BCUT2D eigenvalue weighted by molar-refractivity contribution is -0.136. The van der Waals surface area contributed by atoms with Crippen LogP contribution in [0.4, 0.5) is 8.78 Å². The molecule has 200 valence electrons. The van der Waals surface area contributed by atoms with E-state index in [9.17, 15) is 28.0 Å². The van der Waals surface area contributed by atoms with Crippen molar-refractivity contribution in [3.63, 3.8) is 0 Å². The number of imide groups is 1. The van der Waals surface area contributed by atoms with E-state index in [0.29, 0.717) is 29.8 Å². The summed E-state index contributed by atoms with van der Waals surface area (Å²) in [5.74, 6) is -3.50. The highest BCUT2D eigenvalue weighted by molar-refractivity contribution is 6.05. The number of benzene rings is 2. The van der Waals surface area contributed by atoms with Gasteiger partial charge in [0.2, 0.25) is 11.8 Å². The van der Waals surface area contributed by atoms with Gasteiger partial charge in [0.1, 0.15) is 18.4 Å². The van der Waals surface area contributed by atoms with Crippen LogP contribution in [0, 0.1) is 11.6 Å². The molecule has 1 unspecified atom stereocenters. The Hall–Kier alpha value is -4.02.